The lowest BCUT2D eigenvalue weighted by atomic mass is 10.1. The van der Waals surface area contributed by atoms with E-state index in [-0.39, 0.29) is 12.1 Å². The molecule has 5 nitrogen and oxygen atoms in total. The highest BCUT2D eigenvalue weighted by Crippen LogP contribution is 2.31. The molecule has 27 heavy (non-hydrogen) atoms. The van der Waals surface area contributed by atoms with Crippen LogP contribution in [0, 0.1) is 0 Å². The molecule has 1 aliphatic heterocycles. The van der Waals surface area contributed by atoms with E-state index in [1.807, 2.05) is 73.7 Å². The van der Waals surface area contributed by atoms with Crippen molar-refractivity contribution < 1.29 is 14.3 Å². The summed E-state index contributed by atoms with van der Waals surface area (Å²) in [5.74, 6) is 1.47. The number of urea groups is 1. The van der Waals surface area contributed by atoms with Crippen molar-refractivity contribution >= 4 is 22.5 Å². The lowest BCUT2D eigenvalue weighted by molar-refractivity contribution is 0.0693. The molecule has 5 heteroatoms. The Labute approximate surface area is 158 Å². The van der Waals surface area contributed by atoms with Gasteiger partial charge in [-0.15, -0.1) is 0 Å². The van der Waals surface area contributed by atoms with Gasteiger partial charge in [-0.1, -0.05) is 48.5 Å². The minimum atomic E-state index is -0.196. The van der Waals surface area contributed by atoms with Crippen LogP contribution in [0.15, 0.2) is 66.7 Å². The maximum atomic E-state index is 12.8. The molecule has 0 radical (unpaired) electrons. The number of nitrogens with one attached hydrogen (secondary N) is 1. The number of hydrogen-bond acceptors (Lipinski definition) is 3. The van der Waals surface area contributed by atoms with Gasteiger partial charge in [-0.3, -0.25) is 0 Å². The zero-order chi connectivity index (χ0) is 18.6. The van der Waals surface area contributed by atoms with Crippen LogP contribution in [0.5, 0.6) is 11.5 Å². The molecule has 3 aromatic carbocycles. The minimum Gasteiger partial charge on any atom is -0.486 e. The lowest BCUT2D eigenvalue weighted by Gasteiger charge is -2.31. The van der Waals surface area contributed by atoms with Crippen molar-refractivity contribution in [2.45, 2.75) is 13.0 Å². The molecule has 0 spiro atoms. The van der Waals surface area contributed by atoms with Crippen molar-refractivity contribution in [2.24, 2.45) is 0 Å². The summed E-state index contributed by atoms with van der Waals surface area (Å²) in [6.45, 7) is 3.43. The van der Waals surface area contributed by atoms with E-state index in [0.29, 0.717) is 19.7 Å². The van der Waals surface area contributed by atoms with Crippen molar-refractivity contribution in [3.8, 4) is 11.5 Å². The molecule has 4 rings (SSSR count). The normalized spacial score (nSPS) is 15.4. The van der Waals surface area contributed by atoms with Gasteiger partial charge in [-0.2, -0.15) is 0 Å². The van der Waals surface area contributed by atoms with E-state index in [0.717, 1.165) is 28.0 Å². The summed E-state index contributed by atoms with van der Waals surface area (Å²) in [6.07, 6.45) is -0.196. The topological polar surface area (TPSA) is 50.8 Å². The van der Waals surface area contributed by atoms with Crippen molar-refractivity contribution in [1.82, 2.24) is 4.90 Å². The van der Waals surface area contributed by atoms with Crippen molar-refractivity contribution in [3.63, 3.8) is 0 Å². The van der Waals surface area contributed by atoms with Gasteiger partial charge in [0, 0.05) is 11.9 Å². The molecule has 1 heterocycles. The number of fused-ring (bicyclic) bond motifs is 2. The highest BCUT2D eigenvalue weighted by Gasteiger charge is 2.25. The zero-order valence-corrected chi connectivity index (χ0v) is 15.2. The van der Waals surface area contributed by atoms with Gasteiger partial charge in [0.2, 0.25) is 0 Å². The van der Waals surface area contributed by atoms with Crippen LogP contribution in [-0.2, 0) is 0 Å². The standard InChI is InChI=1S/C22H22N2O3/c1-2-24(14-17-15-26-20-12-5-6-13-21(20)27-17)22(25)23-19-11-7-9-16-8-3-4-10-18(16)19/h3-13,17H,2,14-15H2,1H3,(H,23,25). The quantitative estimate of drug-likeness (QED) is 0.742. The fourth-order valence-corrected chi connectivity index (χ4v) is 3.28. The molecule has 2 amide bonds. The van der Waals surface area contributed by atoms with Gasteiger partial charge < -0.3 is 19.7 Å². The van der Waals surface area contributed by atoms with Gasteiger partial charge in [-0.25, -0.2) is 4.79 Å². The molecule has 0 saturated heterocycles. The first-order valence-electron chi connectivity index (χ1n) is 9.17. The monoisotopic (exact) mass is 362 g/mol. The predicted molar refractivity (Wildman–Crippen MR) is 107 cm³/mol. The van der Waals surface area contributed by atoms with Crippen LogP contribution in [0.2, 0.25) is 0 Å². The number of carbonyl (C=O) groups excluding carboxylic acids is 1. The molecule has 1 aliphatic rings. The molecule has 1 N–H and O–H groups in total. The fraction of sp³-hybridized carbons (Fsp3) is 0.227. The van der Waals surface area contributed by atoms with E-state index in [1.54, 1.807) is 4.90 Å². The molecule has 3 aromatic rings. The zero-order valence-electron chi connectivity index (χ0n) is 15.2. The van der Waals surface area contributed by atoms with Crippen LogP contribution < -0.4 is 14.8 Å². The van der Waals surface area contributed by atoms with Crippen molar-refractivity contribution in [3.05, 3.63) is 66.7 Å². The summed E-state index contributed by atoms with van der Waals surface area (Å²) in [5, 5.41) is 5.16. The molecule has 1 atom stereocenters. The van der Waals surface area contributed by atoms with Crippen LogP contribution in [0.1, 0.15) is 6.92 Å². The van der Waals surface area contributed by atoms with Gasteiger partial charge in [0.15, 0.2) is 17.6 Å². The molecular weight excluding hydrogens is 340 g/mol. The Balaban J connectivity index is 1.46. The number of anilines is 1. The van der Waals surface area contributed by atoms with Crippen LogP contribution in [0.4, 0.5) is 10.5 Å². The van der Waals surface area contributed by atoms with E-state index in [1.165, 1.54) is 0 Å². The Hall–Kier alpha value is -3.21. The molecule has 0 aliphatic carbocycles. The average Bonchev–Trinajstić information content (AvgIpc) is 2.72. The predicted octanol–water partition coefficient (Wildman–Crippen LogP) is 4.53. The van der Waals surface area contributed by atoms with Gasteiger partial charge in [-0.05, 0) is 30.5 Å². The highest BCUT2D eigenvalue weighted by molar-refractivity contribution is 6.01. The number of ether oxygens (including phenoxy) is 2. The molecule has 0 aromatic heterocycles. The Morgan fingerprint density at radius 2 is 1.78 bits per heavy atom. The fourth-order valence-electron chi connectivity index (χ4n) is 3.28. The van der Waals surface area contributed by atoms with E-state index in [9.17, 15) is 4.79 Å². The van der Waals surface area contributed by atoms with E-state index in [2.05, 4.69) is 5.32 Å². The molecule has 0 bridgehead atoms. The number of likely N-dealkylation sites (N-methyl/N-ethyl adjacent to an activating group) is 1. The van der Waals surface area contributed by atoms with Gasteiger partial charge >= 0.3 is 6.03 Å². The third-order valence-electron chi connectivity index (χ3n) is 4.69. The average molecular weight is 362 g/mol. The molecule has 1 unspecified atom stereocenters. The second kappa shape index (κ2) is 7.58. The SMILES string of the molecule is CCN(CC1COc2ccccc2O1)C(=O)Nc1cccc2ccccc12. The molecule has 0 fully saturated rings. The minimum absolute atomic E-state index is 0.142. The first-order chi connectivity index (χ1) is 13.2. The summed E-state index contributed by atoms with van der Waals surface area (Å²) < 4.78 is 11.7. The number of carbonyl (C=O) groups is 1. The summed E-state index contributed by atoms with van der Waals surface area (Å²) >= 11 is 0. The number of hydrogen-bond donors (Lipinski definition) is 1. The van der Waals surface area contributed by atoms with Crippen molar-refractivity contribution in [1.29, 1.82) is 0 Å². The Morgan fingerprint density at radius 1 is 1.04 bits per heavy atom. The van der Waals surface area contributed by atoms with E-state index in [4.69, 9.17) is 9.47 Å². The first kappa shape index (κ1) is 17.2. The van der Waals surface area contributed by atoms with E-state index >= 15 is 0 Å². The van der Waals surface area contributed by atoms with Crippen LogP contribution in [0.25, 0.3) is 10.8 Å². The first-order valence-corrected chi connectivity index (χ1v) is 9.17. The number of rotatable bonds is 4. The third kappa shape index (κ3) is 3.67. The Morgan fingerprint density at radius 3 is 2.63 bits per heavy atom. The van der Waals surface area contributed by atoms with E-state index < -0.39 is 0 Å². The van der Waals surface area contributed by atoms with Crippen LogP contribution in [-0.4, -0.2) is 36.7 Å². The maximum Gasteiger partial charge on any atom is 0.321 e. The largest absolute Gasteiger partial charge is 0.486 e. The molecule has 138 valence electrons. The lowest BCUT2D eigenvalue weighted by Crippen LogP contribution is -2.45. The number of benzene rings is 3. The summed E-state index contributed by atoms with van der Waals surface area (Å²) in [6, 6.07) is 21.4. The molecule has 0 saturated carbocycles. The summed E-state index contributed by atoms with van der Waals surface area (Å²) in [4.78, 5) is 14.6. The van der Waals surface area contributed by atoms with Crippen LogP contribution in [0.3, 0.4) is 0 Å². The number of para-hydroxylation sites is 2. The van der Waals surface area contributed by atoms with Gasteiger partial charge in [0.05, 0.1) is 12.2 Å². The Bertz CT molecular complexity index is 952. The smallest absolute Gasteiger partial charge is 0.321 e. The summed E-state index contributed by atoms with van der Waals surface area (Å²) in [7, 11) is 0. The van der Waals surface area contributed by atoms with Gasteiger partial charge in [0.1, 0.15) is 6.61 Å². The second-order valence-corrected chi connectivity index (χ2v) is 6.49. The number of nitrogens with zero attached hydrogens (tertiary/aromatic N) is 1. The number of amides is 2. The maximum absolute atomic E-state index is 12.8. The van der Waals surface area contributed by atoms with Crippen molar-refractivity contribution in [2.75, 3.05) is 25.0 Å². The highest BCUT2D eigenvalue weighted by atomic mass is 16.6. The second-order valence-electron chi connectivity index (χ2n) is 6.49. The third-order valence-corrected chi connectivity index (χ3v) is 4.69. The summed E-state index contributed by atoms with van der Waals surface area (Å²) in [5.41, 5.74) is 0.808. The van der Waals surface area contributed by atoms with Crippen LogP contribution >= 0.6 is 0 Å². The Kier molecular flexibility index (Phi) is 4.83. The van der Waals surface area contributed by atoms with Gasteiger partial charge in [0.25, 0.3) is 0 Å². The molecular formula is C22H22N2O3.